The van der Waals surface area contributed by atoms with Crippen LogP contribution in [0.5, 0.6) is 0 Å². The lowest BCUT2D eigenvalue weighted by Gasteiger charge is -2.34. The van der Waals surface area contributed by atoms with Gasteiger partial charge in [-0.2, -0.15) is 11.8 Å². The molecule has 0 bridgehead atoms. The summed E-state index contributed by atoms with van der Waals surface area (Å²) in [6.07, 6.45) is 4.28. The summed E-state index contributed by atoms with van der Waals surface area (Å²) in [4.78, 5) is 4.88. The van der Waals surface area contributed by atoms with Crippen molar-refractivity contribution >= 4 is 52.7 Å². The van der Waals surface area contributed by atoms with Crippen molar-refractivity contribution in [2.75, 3.05) is 32.6 Å². The number of aliphatic imine (C=N–C) groups is 1. The Labute approximate surface area is 183 Å². The van der Waals surface area contributed by atoms with Crippen molar-refractivity contribution in [3.8, 4) is 0 Å². The number of para-hydroxylation sites is 1. The fourth-order valence-electron chi connectivity index (χ4n) is 3.21. The third-order valence-electron chi connectivity index (χ3n) is 4.93. The molecule has 150 valence electrons. The highest BCUT2D eigenvalue weighted by atomic mass is 127. The minimum atomic E-state index is 0. The molecule has 2 N–H and O–H groups in total. The molecule has 1 aliphatic heterocycles. The maximum atomic E-state index is 5.98. The lowest BCUT2D eigenvalue weighted by atomic mass is 9.99. The normalized spacial score (nSPS) is 18.0. The average Bonchev–Trinajstić information content (AvgIpc) is 3.11. The van der Waals surface area contributed by atoms with Gasteiger partial charge in [0.15, 0.2) is 5.96 Å². The lowest BCUT2D eigenvalue weighted by molar-refractivity contribution is 0.0794. The number of nitrogens with zero attached hydrogens (tertiary/aromatic N) is 1. The van der Waals surface area contributed by atoms with Gasteiger partial charge in [0.1, 0.15) is 11.3 Å². The van der Waals surface area contributed by atoms with Crippen LogP contribution in [0.4, 0.5) is 0 Å². The number of benzene rings is 1. The number of hydrogen-bond acceptors (Lipinski definition) is 4. The Bertz CT molecular complexity index is 711. The molecule has 1 atom stereocenters. The van der Waals surface area contributed by atoms with E-state index in [1.54, 1.807) is 0 Å². The summed E-state index contributed by atoms with van der Waals surface area (Å²) in [6.45, 7) is 7.46. The van der Waals surface area contributed by atoms with Gasteiger partial charge in [-0.1, -0.05) is 18.2 Å². The molecule has 2 heterocycles. The Hall–Kier alpha value is -0.930. The number of nitrogens with one attached hydrogen (secondary N) is 2. The van der Waals surface area contributed by atoms with E-state index in [4.69, 9.17) is 14.1 Å². The summed E-state index contributed by atoms with van der Waals surface area (Å²) in [7, 11) is 0. The van der Waals surface area contributed by atoms with Gasteiger partial charge in [-0.25, -0.2) is 0 Å². The zero-order chi connectivity index (χ0) is 18.4. The summed E-state index contributed by atoms with van der Waals surface area (Å²) in [6, 6.07) is 10.2. The Morgan fingerprint density at radius 1 is 1.30 bits per heavy atom. The number of hydrogen-bond donors (Lipinski definition) is 2. The maximum Gasteiger partial charge on any atom is 0.191 e. The van der Waals surface area contributed by atoms with Crippen molar-refractivity contribution < 1.29 is 9.15 Å². The predicted molar refractivity (Wildman–Crippen MR) is 125 cm³/mol. The molecule has 0 aliphatic carbocycles. The number of furan rings is 1. The van der Waals surface area contributed by atoms with E-state index in [1.807, 2.05) is 30.0 Å². The summed E-state index contributed by atoms with van der Waals surface area (Å²) in [5, 5.41) is 7.96. The zero-order valence-corrected chi connectivity index (χ0v) is 19.4. The second kappa shape index (κ2) is 10.6. The number of halogens is 1. The monoisotopic (exact) mass is 503 g/mol. The van der Waals surface area contributed by atoms with Crippen LogP contribution in [-0.2, 0) is 4.74 Å². The van der Waals surface area contributed by atoms with E-state index in [-0.39, 0.29) is 34.8 Å². The number of thioether (sulfide) groups is 1. The van der Waals surface area contributed by atoms with E-state index < -0.39 is 0 Å². The van der Waals surface area contributed by atoms with Crippen LogP contribution in [0, 0.1) is 0 Å². The molecule has 1 unspecified atom stereocenters. The van der Waals surface area contributed by atoms with Crippen LogP contribution < -0.4 is 10.6 Å². The van der Waals surface area contributed by atoms with Gasteiger partial charge < -0.3 is 19.8 Å². The molecule has 1 aromatic heterocycles. The van der Waals surface area contributed by atoms with Crippen LogP contribution in [0.15, 0.2) is 39.7 Å². The summed E-state index contributed by atoms with van der Waals surface area (Å²) < 4.78 is 11.7. The predicted octanol–water partition coefficient (Wildman–Crippen LogP) is 4.58. The summed E-state index contributed by atoms with van der Waals surface area (Å²) in [5.74, 6) is 1.75. The van der Waals surface area contributed by atoms with Gasteiger partial charge in [0.25, 0.3) is 0 Å². The highest BCUT2D eigenvalue weighted by molar-refractivity contribution is 14.0. The molecule has 3 rings (SSSR count). The van der Waals surface area contributed by atoms with Crippen molar-refractivity contribution in [3.05, 3.63) is 36.1 Å². The highest BCUT2D eigenvalue weighted by Gasteiger charge is 2.31. The topological polar surface area (TPSA) is 58.8 Å². The van der Waals surface area contributed by atoms with Crippen LogP contribution in [0.1, 0.15) is 38.5 Å². The summed E-state index contributed by atoms with van der Waals surface area (Å²) >= 11 is 1.91. The molecule has 0 amide bonds. The highest BCUT2D eigenvalue weighted by Crippen LogP contribution is 2.34. The van der Waals surface area contributed by atoms with E-state index in [9.17, 15) is 0 Å². The molecule has 0 spiro atoms. The van der Waals surface area contributed by atoms with E-state index in [1.165, 1.54) is 0 Å². The Balaban J connectivity index is 0.00000261. The van der Waals surface area contributed by atoms with Gasteiger partial charge in [0.05, 0.1) is 12.6 Å². The molecule has 1 fully saturated rings. The Morgan fingerprint density at radius 2 is 2.04 bits per heavy atom. The smallest absolute Gasteiger partial charge is 0.191 e. The van der Waals surface area contributed by atoms with Crippen LogP contribution >= 0.6 is 35.7 Å². The van der Waals surface area contributed by atoms with E-state index >= 15 is 0 Å². The van der Waals surface area contributed by atoms with Gasteiger partial charge in [-0.05, 0) is 45.1 Å². The molecular formula is C20H30IN3O2S. The first kappa shape index (κ1) is 22.4. The van der Waals surface area contributed by atoms with Crippen LogP contribution in [-0.4, -0.2) is 43.3 Å². The molecule has 1 aromatic carbocycles. The first-order chi connectivity index (χ1) is 12.7. The minimum absolute atomic E-state index is 0. The molecular weight excluding hydrogens is 473 g/mol. The molecule has 0 saturated carbocycles. The third kappa shape index (κ3) is 5.77. The molecule has 1 aliphatic rings. The molecule has 7 heteroatoms. The second-order valence-corrected chi connectivity index (χ2v) is 8.02. The fraction of sp³-hybridized carbons (Fsp3) is 0.550. The van der Waals surface area contributed by atoms with E-state index in [0.29, 0.717) is 0 Å². The molecule has 5 nitrogen and oxygen atoms in total. The third-order valence-corrected chi connectivity index (χ3v) is 6.33. The molecule has 0 radical (unpaired) electrons. The van der Waals surface area contributed by atoms with E-state index in [2.05, 4.69) is 42.9 Å². The molecule has 1 saturated heterocycles. The van der Waals surface area contributed by atoms with Crippen molar-refractivity contribution in [1.82, 2.24) is 10.6 Å². The van der Waals surface area contributed by atoms with Gasteiger partial charge in [-0.15, -0.1) is 24.0 Å². The van der Waals surface area contributed by atoms with Crippen molar-refractivity contribution in [3.63, 3.8) is 0 Å². The van der Waals surface area contributed by atoms with Crippen LogP contribution in [0.25, 0.3) is 11.0 Å². The quantitative estimate of drug-likeness (QED) is 0.344. The van der Waals surface area contributed by atoms with Crippen molar-refractivity contribution in [2.24, 2.45) is 4.99 Å². The Kier molecular flexibility index (Phi) is 8.75. The Morgan fingerprint density at radius 3 is 2.70 bits per heavy atom. The van der Waals surface area contributed by atoms with Crippen molar-refractivity contribution in [1.29, 1.82) is 0 Å². The number of ether oxygens (including phenoxy) is 1. The second-order valence-electron chi connectivity index (χ2n) is 6.75. The molecule has 27 heavy (non-hydrogen) atoms. The van der Waals surface area contributed by atoms with Gasteiger partial charge >= 0.3 is 0 Å². The van der Waals surface area contributed by atoms with Crippen LogP contribution in [0.2, 0.25) is 0 Å². The first-order valence-electron chi connectivity index (χ1n) is 9.32. The summed E-state index contributed by atoms with van der Waals surface area (Å²) in [5.41, 5.74) is 0.918. The maximum absolute atomic E-state index is 5.98. The first-order valence-corrected chi connectivity index (χ1v) is 10.5. The van der Waals surface area contributed by atoms with Gasteiger partial charge in [-0.3, -0.25) is 4.99 Å². The lowest BCUT2D eigenvalue weighted by Crippen LogP contribution is -2.41. The van der Waals surface area contributed by atoms with E-state index in [0.717, 1.165) is 61.8 Å². The van der Waals surface area contributed by atoms with Crippen LogP contribution in [0.3, 0.4) is 0 Å². The average molecular weight is 503 g/mol. The van der Waals surface area contributed by atoms with Gasteiger partial charge in [0, 0.05) is 29.9 Å². The number of guanidine groups is 1. The minimum Gasteiger partial charge on any atom is -0.459 e. The SMILES string of the molecule is CCNC(=NCC1(SC)CCOCC1)NC(C)c1cc2ccccc2o1.I. The van der Waals surface area contributed by atoms with Crippen molar-refractivity contribution in [2.45, 2.75) is 37.5 Å². The zero-order valence-electron chi connectivity index (χ0n) is 16.3. The number of rotatable bonds is 6. The largest absolute Gasteiger partial charge is 0.459 e. The molecule has 2 aromatic rings. The fourth-order valence-corrected chi connectivity index (χ4v) is 3.97. The standard InChI is InChI=1S/C20H29N3O2S.HI/c1-4-21-19(22-14-20(26-3)9-11-24-12-10-20)23-15(2)18-13-16-7-5-6-8-17(16)25-18;/h5-8,13,15H,4,9-12,14H2,1-3H3,(H2,21,22,23);1H. The number of fused-ring (bicyclic) bond motifs is 1. The van der Waals surface area contributed by atoms with Gasteiger partial charge in [0.2, 0.25) is 0 Å².